The molecule has 1 fully saturated rings. The number of halogens is 3. The van der Waals surface area contributed by atoms with Crippen LogP contribution in [0.5, 0.6) is 0 Å². The van der Waals surface area contributed by atoms with Gasteiger partial charge in [-0.05, 0) is 43.0 Å². The van der Waals surface area contributed by atoms with E-state index in [1.54, 1.807) is 0 Å². The molecule has 0 aliphatic carbocycles. The van der Waals surface area contributed by atoms with E-state index >= 15 is 0 Å². The lowest BCUT2D eigenvalue weighted by Gasteiger charge is -2.25. The maximum Gasteiger partial charge on any atom is 0.416 e. The number of hydrogen-bond acceptors (Lipinski definition) is 2. The summed E-state index contributed by atoms with van der Waals surface area (Å²) in [7, 11) is 0. The van der Waals surface area contributed by atoms with Crippen LogP contribution in [0.4, 0.5) is 13.2 Å². The second kappa shape index (κ2) is 6.05. The van der Waals surface area contributed by atoms with Gasteiger partial charge in [0.2, 0.25) is 0 Å². The van der Waals surface area contributed by atoms with Crippen molar-refractivity contribution in [2.24, 2.45) is 0 Å². The average molecular weight is 301 g/mol. The summed E-state index contributed by atoms with van der Waals surface area (Å²) < 4.78 is 37.5. The van der Waals surface area contributed by atoms with Gasteiger partial charge in [-0.15, -0.1) is 0 Å². The van der Waals surface area contributed by atoms with Crippen molar-refractivity contribution in [2.45, 2.75) is 37.9 Å². The zero-order valence-electron chi connectivity index (χ0n) is 11.7. The SMILES string of the molecule is CC(CN1CCC[C@@H]1C(=O)O)c1ccc(C(F)(F)F)cc1. The highest BCUT2D eigenvalue weighted by atomic mass is 19.4. The number of benzene rings is 1. The first kappa shape index (κ1) is 15.8. The number of likely N-dealkylation sites (tertiary alicyclic amines) is 1. The summed E-state index contributed by atoms with van der Waals surface area (Å²) >= 11 is 0. The van der Waals surface area contributed by atoms with Crippen molar-refractivity contribution in [3.8, 4) is 0 Å². The van der Waals surface area contributed by atoms with E-state index in [-0.39, 0.29) is 5.92 Å². The fourth-order valence-corrected chi connectivity index (χ4v) is 2.78. The van der Waals surface area contributed by atoms with Crippen LogP contribution in [0, 0.1) is 0 Å². The molecule has 6 heteroatoms. The molecule has 0 amide bonds. The first-order valence-corrected chi connectivity index (χ1v) is 6.93. The first-order chi connectivity index (χ1) is 9.79. The molecule has 21 heavy (non-hydrogen) atoms. The van der Waals surface area contributed by atoms with Gasteiger partial charge in [0, 0.05) is 6.54 Å². The van der Waals surface area contributed by atoms with E-state index in [1.807, 2.05) is 11.8 Å². The Morgan fingerprint density at radius 2 is 2.00 bits per heavy atom. The summed E-state index contributed by atoms with van der Waals surface area (Å²) in [5.74, 6) is -0.834. The molecule has 1 unspecified atom stereocenters. The number of rotatable bonds is 4. The minimum absolute atomic E-state index is 0.00719. The van der Waals surface area contributed by atoms with Crippen LogP contribution in [0.15, 0.2) is 24.3 Å². The van der Waals surface area contributed by atoms with Gasteiger partial charge in [-0.3, -0.25) is 9.69 Å². The molecular weight excluding hydrogens is 283 g/mol. The second-order valence-corrected chi connectivity index (χ2v) is 5.51. The van der Waals surface area contributed by atoms with Crippen LogP contribution in [-0.2, 0) is 11.0 Å². The Kier molecular flexibility index (Phi) is 4.56. The van der Waals surface area contributed by atoms with Crippen LogP contribution in [0.1, 0.15) is 36.8 Å². The number of hydrogen-bond donors (Lipinski definition) is 1. The summed E-state index contributed by atoms with van der Waals surface area (Å²) in [6, 6.07) is 4.62. The van der Waals surface area contributed by atoms with E-state index in [1.165, 1.54) is 12.1 Å². The molecule has 3 nitrogen and oxygen atoms in total. The first-order valence-electron chi connectivity index (χ1n) is 6.93. The minimum Gasteiger partial charge on any atom is -0.480 e. The summed E-state index contributed by atoms with van der Waals surface area (Å²) in [6.45, 7) is 3.17. The predicted molar refractivity (Wildman–Crippen MR) is 72.1 cm³/mol. The fourth-order valence-electron chi connectivity index (χ4n) is 2.78. The van der Waals surface area contributed by atoms with Gasteiger partial charge in [-0.25, -0.2) is 0 Å². The molecule has 1 saturated heterocycles. The summed E-state index contributed by atoms with van der Waals surface area (Å²) in [5.41, 5.74) is 0.127. The number of carboxylic acid groups (broad SMARTS) is 1. The normalized spacial score (nSPS) is 21.4. The van der Waals surface area contributed by atoms with Crippen LogP contribution in [0.3, 0.4) is 0 Å². The Hall–Kier alpha value is -1.56. The number of carbonyl (C=O) groups is 1. The molecule has 0 saturated carbocycles. The lowest BCUT2D eigenvalue weighted by molar-refractivity contribution is -0.142. The highest BCUT2D eigenvalue weighted by Crippen LogP contribution is 2.30. The van der Waals surface area contributed by atoms with E-state index in [2.05, 4.69) is 0 Å². The maximum atomic E-state index is 12.5. The number of alkyl halides is 3. The van der Waals surface area contributed by atoms with Gasteiger partial charge in [-0.2, -0.15) is 13.2 Å². The molecule has 1 aromatic rings. The fraction of sp³-hybridized carbons (Fsp3) is 0.533. The molecule has 2 atom stereocenters. The zero-order valence-corrected chi connectivity index (χ0v) is 11.7. The van der Waals surface area contributed by atoms with Gasteiger partial charge in [0.1, 0.15) is 6.04 Å². The molecule has 1 N–H and O–H groups in total. The molecular formula is C15H18F3NO2. The Bertz CT molecular complexity index is 499. The van der Waals surface area contributed by atoms with Crippen molar-refractivity contribution in [2.75, 3.05) is 13.1 Å². The molecule has 1 aromatic carbocycles. The van der Waals surface area contributed by atoms with Crippen LogP contribution in [0.25, 0.3) is 0 Å². The van der Waals surface area contributed by atoms with Crippen molar-refractivity contribution >= 4 is 5.97 Å². The Morgan fingerprint density at radius 3 is 2.52 bits per heavy atom. The molecule has 0 spiro atoms. The lowest BCUT2D eigenvalue weighted by atomic mass is 9.99. The Balaban J connectivity index is 2.03. The quantitative estimate of drug-likeness (QED) is 0.927. The van der Waals surface area contributed by atoms with Gasteiger partial charge in [0.25, 0.3) is 0 Å². The molecule has 116 valence electrons. The molecule has 0 radical (unpaired) electrons. The number of carboxylic acids is 1. The van der Waals surface area contributed by atoms with Crippen molar-refractivity contribution in [3.05, 3.63) is 35.4 Å². The van der Waals surface area contributed by atoms with Crippen molar-refractivity contribution in [3.63, 3.8) is 0 Å². The van der Waals surface area contributed by atoms with Gasteiger partial charge in [0.05, 0.1) is 5.56 Å². The van der Waals surface area contributed by atoms with E-state index < -0.39 is 23.8 Å². The predicted octanol–water partition coefficient (Wildman–Crippen LogP) is 3.36. The molecule has 0 bridgehead atoms. The monoisotopic (exact) mass is 301 g/mol. The van der Waals surface area contributed by atoms with Crippen LogP contribution in [0.2, 0.25) is 0 Å². The zero-order chi connectivity index (χ0) is 15.6. The van der Waals surface area contributed by atoms with Crippen molar-refractivity contribution < 1.29 is 23.1 Å². The number of nitrogens with zero attached hydrogens (tertiary/aromatic N) is 1. The Morgan fingerprint density at radius 1 is 1.38 bits per heavy atom. The van der Waals surface area contributed by atoms with Gasteiger partial charge >= 0.3 is 12.1 Å². The topological polar surface area (TPSA) is 40.5 Å². The molecule has 2 rings (SSSR count). The average Bonchev–Trinajstić information content (AvgIpc) is 2.86. The third kappa shape index (κ3) is 3.75. The van der Waals surface area contributed by atoms with E-state index in [4.69, 9.17) is 5.11 Å². The molecule has 0 aromatic heterocycles. The summed E-state index contributed by atoms with van der Waals surface area (Å²) in [5, 5.41) is 9.13. The van der Waals surface area contributed by atoms with Gasteiger partial charge in [0.15, 0.2) is 0 Å². The summed E-state index contributed by atoms with van der Waals surface area (Å²) in [4.78, 5) is 13.0. The van der Waals surface area contributed by atoms with E-state index in [0.717, 1.165) is 30.7 Å². The standard InChI is InChI=1S/C15H18F3NO2/c1-10(9-19-8-2-3-13(19)14(20)21)11-4-6-12(7-5-11)15(16,17)18/h4-7,10,13H,2-3,8-9H2,1H3,(H,20,21)/t10?,13-/m1/s1. The second-order valence-electron chi connectivity index (χ2n) is 5.51. The maximum absolute atomic E-state index is 12.5. The molecule has 1 heterocycles. The van der Waals surface area contributed by atoms with Crippen LogP contribution < -0.4 is 0 Å². The van der Waals surface area contributed by atoms with Gasteiger partial charge < -0.3 is 5.11 Å². The van der Waals surface area contributed by atoms with Crippen molar-refractivity contribution in [1.29, 1.82) is 0 Å². The third-order valence-corrected chi connectivity index (χ3v) is 3.96. The van der Waals surface area contributed by atoms with Gasteiger partial charge in [-0.1, -0.05) is 19.1 Å². The van der Waals surface area contributed by atoms with Crippen LogP contribution >= 0.6 is 0 Å². The van der Waals surface area contributed by atoms with E-state index in [9.17, 15) is 18.0 Å². The number of aliphatic carboxylic acids is 1. The minimum atomic E-state index is -4.33. The Labute approximate surface area is 121 Å². The lowest BCUT2D eigenvalue weighted by Crippen LogP contribution is -2.38. The van der Waals surface area contributed by atoms with Crippen LogP contribution in [-0.4, -0.2) is 35.1 Å². The van der Waals surface area contributed by atoms with Crippen molar-refractivity contribution in [1.82, 2.24) is 4.90 Å². The van der Waals surface area contributed by atoms with E-state index in [0.29, 0.717) is 13.0 Å². The summed E-state index contributed by atoms with van der Waals surface area (Å²) in [6.07, 6.45) is -2.85. The molecule has 1 aliphatic heterocycles. The largest absolute Gasteiger partial charge is 0.480 e. The highest BCUT2D eigenvalue weighted by molar-refractivity contribution is 5.73. The molecule has 1 aliphatic rings. The smallest absolute Gasteiger partial charge is 0.416 e. The third-order valence-electron chi connectivity index (χ3n) is 3.96. The highest BCUT2D eigenvalue weighted by Gasteiger charge is 2.32.